The molecule has 0 amide bonds. The van der Waals surface area contributed by atoms with Gasteiger partial charge in [0.05, 0.1) is 11.0 Å². The lowest BCUT2D eigenvalue weighted by Gasteiger charge is -2.00. The van der Waals surface area contributed by atoms with Crippen molar-refractivity contribution in [3.05, 3.63) is 24.3 Å². The van der Waals surface area contributed by atoms with Crippen LogP contribution in [0.25, 0.3) is 11.0 Å². The highest BCUT2D eigenvalue weighted by Crippen LogP contribution is 2.02. The van der Waals surface area contributed by atoms with E-state index >= 15 is 0 Å². The van der Waals surface area contributed by atoms with Crippen molar-refractivity contribution in [3.8, 4) is 0 Å². The summed E-state index contributed by atoms with van der Waals surface area (Å²) in [5.74, 6) is 0. The van der Waals surface area contributed by atoms with Gasteiger partial charge in [-0.15, -0.1) is 0 Å². The topological polar surface area (TPSA) is 25.8 Å². The molecule has 1 aromatic carbocycles. The number of benzene rings is 1. The van der Waals surface area contributed by atoms with Crippen LogP contribution in [-0.2, 0) is 0 Å². The summed E-state index contributed by atoms with van der Waals surface area (Å²) in [4.78, 5) is 8.56. The number of fused-ring (bicyclic) bond motifs is 1. The summed E-state index contributed by atoms with van der Waals surface area (Å²) in [6.45, 7) is 0. The summed E-state index contributed by atoms with van der Waals surface area (Å²) < 4.78 is 0. The van der Waals surface area contributed by atoms with Gasteiger partial charge in [-0.3, -0.25) is 9.97 Å². The van der Waals surface area contributed by atoms with Crippen LogP contribution in [0.3, 0.4) is 0 Å². The summed E-state index contributed by atoms with van der Waals surface area (Å²) in [5, 5.41) is 1.45. The average Bonchev–Trinajstić information content (AvgIpc) is 2.07. The van der Waals surface area contributed by atoms with Gasteiger partial charge in [-0.05, 0) is 12.1 Å². The Morgan fingerprint density at radius 3 is 1.67 bits per heavy atom. The minimum Gasteiger partial charge on any atom is -0.255 e. The van der Waals surface area contributed by atoms with Crippen molar-refractivity contribution < 1.29 is 0 Å². The smallest absolute Gasteiger partial charge is 0.101 e. The van der Waals surface area contributed by atoms with Crippen LogP contribution in [0.2, 0.25) is 0 Å². The molecular formula is C8H4N2Si2. The lowest BCUT2D eigenvalue weighted by atomic mass is 10.3. The molecule has 54 valence electrons. The van der Waals surface area contributed by atoms with E-state index in [2.05, 4.69) is 30.5 Å². The van der Waals surface area contributed by atoms with Crippen molar-refractivity contribution in [2.45, 2.75) is 0 Å². The first-order chi connectivity index (χ1) is 5.77. The van der Waals surface area contributed by atoms with Crippen LogP contribution in [0.1, 0.15) is 0 Å². The predicted octanol–water partition coefficient (Wildman–Crippen LogP) is -0.783. The SMILES string of the molecule is [Si]c1nc2ccccc2nc1[Si]. The van der Waals surface area contributed by atoms with Gasteiger partial charge in [0.1, 0.15) is 20.5 Å². The molecule has 0 aliphatic rings. The van der Waals surface area contributed by atoms with E-state index in [1.807, 2.05) is 24.3 Å². The lowest BCUT2D eigenvalue weighted by molar-refractivity contribution is 1.39. The van der Waals surface area contributed by atoms with Gasteiger partial charge in [0.25, 0.3) is 0 Å². The largest absolute Gasteiger partial charge is 0.255 e. The average molecular weight is 184 g/mol. The van der Waals surface area contributed by atoms with Gasteiger partial charge in [0, 0.05) is 10.6 Å². The monoisotopic (exact) mass is 184 g/mol. The molecule has 0 N–H and O–H groups in total. The molecular weight excluding hydrogens is 180 g/mol. The maximum absolute atomic E-state index is 4.28. The van der Waals surface area contributed by atoms with Crippen molar-refractivity contribution in [3.63, 3.8) is 0 Å². The van der Waals surface area contributed by atoms with Crippen LogP contribution in [0.5, 0.6) is 0 Å². The molecule has 2 nitrogen and oxygen atoms in total. The van der Waals surface area contributed by atoms with E-state index in [4.69, 9.17) is 0 Å². The highest BCUT2D eigenvalue weighted by molar-refractivity contribution is 6.46. The molecule has 2 aromatic rings. The fourth-order valence-electron chi connectivity index (χ4n) is 1.00. The summed E-state index contributed by atoms with van der Waals surface area (Å²) in [7, 11) is 6.69. The van der Waals surface area contributed by atoms with Crippen LogP contribution < -0.4 is 10.6 Å². The highest BCUT2D eigenvalue weighted by atomic mass is 28.2. The van der Waals surface area contributed by atoms with Gasteiger partial charge in [-0.2, -0.15) is 0 Å². The molecule has 0 saturated carbocycles. The molecule has 6 radical (unpaired) electrons. The molecule has 0 unspecified atom stereocenters. The number of rotatable bonds is 0. The predicted molar refractivity (Wildman–Crippen MR) is 50.3 cm³/mol. The van der Waals surface area contributed by atoms with Crippen molar-refractivity contribution in [1.29, 1.82) is 0 Å². The number of aromatic nitrogens is 2. The Bertz CT molecular complexity index is 388. The van der Waals surface area contributed by atoms with Gasteiger partial charge in [-0.25, -0.2) is 0 Å². The molecule has 2 rings (SSSR count). The number of nitrogens with zero attached hydrogens (tertiary/aromatic N) is 2. The van der Waals surface area contributed by atoms with Gasteiger partial charge >= 0.3 is 0 Å². The van der Waals surface area contributed by atoms with Gasteiger partial charge in [0.2, 0.25) is 0 Å². The van der Waals surface area contributed by atoms with Crippen molar-refractivity contribution in [2.24, 2.45) is 0 Å². The van der Waals surface area contributed by atoms with Crippen molar-refractivity contribution >= 4 is 42.2 Å². The van der Waals surface area contributed by atoms with Gasteiger partial charge in [0.15, 0.2) is 0 Å². The third kappa shape index (κ3) is 1.19. The van der Waals surface area contributed by atoms with E-state index in [1.165, 1.54) is 0 Å². The van der Waals surface area contributed by atoms with E-state index in [-0.39, 0.29) is 0 Å². The second-order valence-corrected chi connectivity index (χ2v) is 3.36. The fourth-order valence-corrected chi connectivity index (χ4v) is 1.35. The Hall–Kier alpha value is -1.01. The quantitative estimate of drug-likeness (QED) is 0.502. The van der Waals surface area contributed by atoms with E-state index in [0.717, 1.165) is 21.7 Å². The minimum absolute atomic E-state index is 0.727. The Kier molecular flexibility index (Phi) is 1.78. The molecule has 0 saturated heterocycles. The summed E-state index contributed by atoms with van der Waals surface area (Å²) in [5.41, 5.74) is 1.79. The maximum atomic E-state index is 4.28. The Balaban J connectivity index is 2.84. The van der Waals surface area contributed by atoms with E-state index < -0.39 is 0 Å². The second-order valence-electron chi connectivity index (χ2n) is 2.41. The Morgan fingerprint density at radius 2 is 1.25 bits per heavy atom. The number of hydrogen-bond acceptors (Lipinski definition) is 2. The summed E-state index contributed by atoms with van der Waals surface area (Å²) in [6, 6.07) is 7.74. The zero-order valence-corrected chi connectivity index (χ0v) is 8.20. The first-order valence-electron chi connectivity index (χ1n) is 3.47. The zero-order chi connectivity index (χ0) is 8.55. The highest BCUT2D eigenvalue weighted by Gasteiger charge is 1.98. The molecule has 0 fully saturated rings. The minimum atomic E-state index is 0.727. The fraction of sp³-hybridized carbons (Fsp3) is 0. The molecule has 1 aromatic heterocycles. The van der Waals surface area contributed by atoms with Gasteiger partial charge < -0.3 is 0 Å². The van der Waals surface area contributed by atoms with Crippen LogP contribution in [-0.4, -0.2) is 30.5 Å². The molecule has 0 spiro atoms. The first-order valence-corrected chi connectivity index (χ1v) is 4.47. The molecule has 0 atom stereocenters. The molecule has 0 aliphatic carbocycles. The molecule has 1 heterocycles. The molecule has 12 heavy (non-hydrogen) atoms. The summed E-state index contributed by atoms with van der Waals surface area (Å²) >= 11 is 0. The second kappa shape index (κ2) is 2.80. The number of hydrogen-bond donors (Lipinski definition) is 0. The van der Waals surface area contributed by atoms with E-state index in [9.17, 15) is 0 Å². The Labute approximate surface area is 76.9 Å². The summed E-state index contributed by atoms with van der Waals surface area (Å²) in [6.07, 6.45) is 0. The van der Waals surface area contributed by atoms with Crippen molar-refractivity contribution in [2.75, 3.05) is 0 Å². The number of para-hydroxylation sites is 2. The zero-order valence-electron chi connectivity index (χ0n) is 6.20. The lowest BCUT2D eigenvalue weighted by Crippen LogP contribution is -2.31. The molecule has 4 heteroatoms. The molecule has 0 bridgehead atoms. The third-order valence-corrected chi connectivity index (χ3v) is 2.52. The third-order valence-electron chi connectivity index (χ3n) is 1.57. The van der Waals surface area contributed by atoms with Crippen LogP contribution in [0.4, 0.5) is 0 Å². The normalized spacial score (nSPS) is 10.5. The standard InChI is InChI=1S/C8H4N2Si2/c11-7-8(12)10-6-4-2-1-3-5(6)9-7/h1-4H. The Morgan fingerprint density at radius 1 is 0.833 bits per heavy atom. The van der Waals surface area contributed by atoms with Crippen LogP contribution in [0.15, 0.2) is 24.3 Å². The van der Waals surface area contributed by atoms with E-state index in [0.29, 0.717) is 0 Å². The van der Waals surface area contributed by atoms with E-state index in [1.54, 1.807) is 0 Å². The first kappa shape index (κ1) is 7.63. The van der Waals surface area contributed by atoms with Crippen LogP contribution in [0, 0.1) is 0 Å². The van der Waals surface area contributed by atoms with Crippen LogP contribution >= 0.6 is 0 Å². The van der Waals surface area contributed by atoms with Crippen molar-refractivity contribution in [1.82, 2.24) is 9.97 Å². The molecule has 0 aliphatic heterocycles. The van der Waals surface area contributed by atoms with Gasteiger partial charge in [-0.1, -0.05) is 12.1 Å². The maximum Gasteiger partial charge on any atom is 0.101 e.